The van der Waals surface area contributed by atoms with Gasteiger partial charge in [-0.15, -0.1) is 0 Å². The highest BCUT2D eigenvalue weighted by atomic mass is 32.2. The van der Waals surface area contributed by atoms with E-state index in [4.69, 9.17) is 0 Å². The SMILES string of the molecule is C[C@@H](C(=O)N1CCN(C)CC1)N(c1cccc(F)c1)S(C)(=O)=O. The summed E-state index contributed by atoms with van der Waals surface area (Å²) < 4.78 is 38.7. The smallest absolute Gasteiger partial charge is 0.246 e. The van der Waals surface area contributed by atoms with E-state index in [1.807, 2.05) is 7.05 Å². The van der Waals surface area contributed by atoms with Crippen molar-refractivity contribution in [2.24, 2.45) is 0 Å². The quantitative estimate of drug-likeness (QED) is 0.810. The van der Waals surface area contributed by atoms with Crippen molar-refractivity contribution in [3.63, 3.8) is 0 Å². The number of anilines is 1. The summed E-state index contributed by atoms with van der Waals surface area (Å²) in [4.78, 5) is 16.4. The number of carbonyl (C=O) groups excluding carboxylic acids is 1. The Kier molecular flexibility index (Phi) is 5.26. The number of benzene rings is 1. The standard InChI is InChI=1S/C15H22FN3O3S/c1-12(15(20)18-9-7-17(2)8-10-18)19(23(3,21)22)14-6-4-5-13(16)11-14/h4-6,11-12H,7-10H2,1-3H3/t12-/m0/s1. The Hall–Kier alpha value is -1.67. The molecule has 1 aromatic carbocycles. The first-order valence-electron chi connectivity index (χ1n) is 7.42. The molecule has 1 atom stereocenters. The van der Waals surface area contributed by atoms with Gasteiger partial charge in [0.05, 0.1) is 11.9 Å². The minimum atomic E-state index is -3.72. The van der Waals surface area contributed by atoms with Crippen molar-refractivity contribution < 1.29 is 17.6 Å². The minimum absolute atomic E-state index is 0.155. The van der Waals surface area contributed by atoms with E-state index in [1.54, 1.807) is 4.90 Å². The summed E-state index contributed by atoms with van der Waals surface area (Å²) in [6, 6.07) is 4.34. The number of hydrogen-bond acceptors (Lipinski definition) is 4. The molecule has 0 spiro atoms. The van der Waals surface area contributed by atoms with E-state index in [0.717, 1.165) is 29.7 Å². The Bertz CT molecular complexity index is 672. The van der Waals surface area contributed by atoms with Gasteiger partial charge in [0.15, 0.2) is 0 Å². The van der Waals surface area contributed by atoms with Crippen LogP contribution in [0.3, 0.4) is 0 Å². The Balaban J connectivity index is 2.27. The van der Waals surface area contributed by atoms with E-state index in [-0.39, 0.29) is 11.6 Å². The van der Waals surface area contributed by atoms with Crippen LogP contribution in [0.25, 0.3) is 0 Å². The largest absolute Gasteiger partial charge is 0.338 e. The van der Waals surface area contributed by atoms with Crippen LogP contribution in [0.5, 0.6) is 0 Å². The lowest BCUT2D eigenvalue weighted by Crippen LogP contribution is -2.54. The van der Waals surface area contributed by atoms with Gasteiger partial charge in [0.2, 0.25) is 15.9 Å². The van der Waals surface area contributed by atoms with E-state index in [9.17, 15) is 17.6 Å². The average Bonchev–Trinajstić information content (AvgIpc) is 2.46. The van der Waals surface area contributed by atoms with Crippen LogP contribution in [0.1, 0.15) is 6.92 Å². The van der Waals surface area contributed by atoms with Crippen molar-refractivity contribution in [2.45, 2.75) is 13.0 Å². The number of halogens is 1. The van der Waals surface area contributed by atoms with Gasteiger partial charge in [-0.25, -0.2) is 12.8 Å². The third-order valence-electron chi connectivity index (χ3n) is 3.94. The molecule has 0 radical (unpaired) electrons. The zero-order chi connectivity index (χ0) is 17.2. The molecule has 0 aliphatic carbocycles. The highest BCUT2D eigenvalue weighted by Gasteiger charge is 2.33. The van der Waals surface area contributed by atoms with Gasteiger partial charge in [-0.1, -0.05) is 6.07 Å². The molecule has 0 aromatic heterocycles. The van der Waals surface area contributed by atoms with Gasteiger partial charge in [-0.3, -0.25) is 9.10 Å². The van der Waals surface area contributed by atoms with E-state index >= 15 is 0 Å². The molecule has 6 nitrogen and oxygen atoms in total. The molecular formula is C15H22FN3O3S. The number of rotatable bonds is 4. The van der Waals surface area contributed by atoms with E-state index in [1.165, 1.54) is 25.1 Å². The minimum Gasteiger partial charge on any atom is -0.338 e. The Morgan fingerprint density at radius 2 is 1.87 bits per heavy atom. The lowest BCUT2D eigenvalue weighted by Gasteiger charge is -2.36. The first-order valence-corrected chi connectivity index (χ1v) is 9.27. The summed E-state index contributed by atoms with van der Waals surface area (Å²) in [5.41, 5.74) is 0.155. The zero-order valence-electron chi connectivity index (χ0n) is 13.6. The van der Waals surface area contributed by atoms with Crippen molar-refractivity contribution in [3.8, 4) is 0 Å². The van der Waals surface area contributed by atoms with Crippen LogP contribution in [0.2, 0.25) is 0 Å². The molecule has 1 aromatic rings. The Labute approximate surface area is 136 Å². The monoisotopic (exact) mass is 343 g/mol. The highest BCUT2D eigenvalue weighted by molar-refractivity contribution is 7.92. The molecule has 2 rings (SSSR count). The lowest BCUT2D eigenvalue weighted by atomic mass is 10.2. The fraction of sp³-hybridized carbons (Fsp3) is 0.533. The molecule has 1 aliphatic heterocycles. The van der Waals surface area contributed by atoms with Gasteiger partial charge in [0, 0.05) is 26.2 Å². The molecular weight excluding hydrogens is 321 g/mol. The summed E-state index contributed by atoms with van der Waals surface area (Å²) in [5, 5.41) is 0. The highest BCUT2D eigenvalue weighted by Crippen LogP contribution is 2.22. The molecule has 0 saturated carbocycles. The van der Waals surface area contributed by atoms with E-state index in [2.05, 4.69) is 4.90 Å². The summed E-state index contributed by atoms with van der Waals surface area (Å²) >= 11 is 0. The van der Waals surface area contributed by atoms with Crippen molar-refractivity contribution in [2.75, 3.05) is 43.8 Å². The predicted octanol–water partition coefficient (Wildman–Crippen LogP) is 0.754. The average molecular weight is 343 g/mol. The van der Waals surface area contributed by atoms with Gasteiger partial charge in [0.25, 0.3) is 0 Å². The molecule has 1 aliphatic rings. The third kappa shape index (κ3) is 4.20. The van der Waals surface area contributed by atoms with Crippen LogP contribution in [-0.2, 0) is 14.8 Å². The molecule has 0 unspecified atom stereocenters. The maximum atomic E-state index is 13.5. The Morgan fingerprint density at radius 1 is 1.26 bits per heavy atom. The molecule has 128 valence electrons. The predicted molar refractivity (Wildman–Crippen MR) is 87.3 cm³/mol. The van der Waals surface area contributed by atoms with Crippen molar-refractivity contribution >= 4 is 21.6 Å². The Morgan fingerprint density at radius 3 is 2.39 bits per heavy atom. The summed E-state index contributed by atoms with van der Waals surface area (Å²) in [6.07, 6.45) is 1.02. The number of piperazine rings is 1. The van der Waals surface area contributed by atoms with Gasteiger partial charge in [-0.05, 0) is 32.2 Å². The first kappa shape index (κ1) is 17.7. The molecule has 8 heteroatoms. The van der Waals surface area contributed by atoms with Crippen LogP contribution < -0.4 is 4.31 Å². The molecule has 1 saturated heterocycles. The second-order valence-electron chi connectivity index (χ2n) is 5.84. The van der Waals surface area contributed by atoms with Crippen molar-refractivity contribution in [3.05, 3.63) is 30.1 Å². The number of nitrogens with zero attached hydrogens (tertiary/aromatic N) is 3. The van der Waals surface area contributed by atoms with Crippen LogP contribution in [0.4, 0.5) is 10.1 Å². The van der Waals surface area contributed by atoms with Crippen LogP contribution >= 0.6 is 0 Å². The fourth-order valence-corrected chi connectivity index (χ4v) is 3.87. The molecule has 1 amide bonds. The first-order chi connectivity index (χ1) is 10.7. The fourth-order valence-electron chi connectivity index (χ4n) is 2.71. The topological polar surface area (TPSA) is 60.9 Å². The third-order valence-corrected chi connectivity index (χ3v) is 5.19. The van der Waals surface area contributed by atoms with Crippen molar-refractivity contribution in [1.29, 1.82) is 0 Å². The zero-order valence-corrected chi connectivity index (χ0v) is 14.4. The summed E-state index contributed by atoms with van der Waals surface area (Å²) in [6.45, 7) is 4.14. The maximum Gasteiger partial charge on any atom is 0.246 e. The van der Waals surface area contributed by atoms with Crippen molar-refractivity contribution in [1.82, 2.24) is 9.80 Å². The number of likely N-dealkylation sites (N-methyl/N-ethyl adjacent to an activating group) is 1. The van der Waals surface area contributed by atoms with Gasteiger partial charge in [0.1, 0.15) is 11.9 Å². The summed E-state index contributed by atoms with van der Waals surface area (Å²) in [5.74, 6) is -0.816. The van der Waals surface area contributed by atoms with Crippen LogP contribution in [-0.4, -0.2) is 69.6 Å². The van der Waals surface area contributed by atoms with Gasteiger partial charge < -0.3 is 9.80 Å². The molecule has 0 bridgehead atoms. The molecule has 0 N–H and O–H groups in total. The molecule has 1 heterocycles. The van der Waals surface area contributed by atoms with Gasteiger partial charge in [-0.2, -0.15) is 0 Å². The summed E-state index contributed by atoms with van der Waals surface area (Å²) in [7, 11) is -1.75. The van der Waals surface area contributed by atoms with E-state index < -0.39 is 21.9 Å². The lowest BCUT2D eigenvalue weighted by molar-refractivity contribution is -0.133. The number of carbonyl (C=O) groups is 1. The number of hydrogen-bond donors (Lipinski definition) is 0. The molecule has 23 heavy (non-hydrogen) atoms. The van der Waals surface area contributed by atoms with Crippen LogP contribution in [0.15, 0.2) is 24.3 Å². The maximum absolute atomic E-state index is 13.5. The van der Waals surface area contributed by atoms with E-state index in [0.29, 0.717) is 13.1 Å². The normalized spacial score (nSPS) is 17.8. The second kappa shape index (κ2) is 6.84. The van der Waals surface area contributed by atoms with Crippen LogP contribution in [0, 0.1) is 5.82 Å². The number of amides is 1. The molecule has 1 fully saturated rings. The van der Waals surface area contributed by atoms with Gasteiger partial charge >= 0.3 is 0 Å². The second-order valence-corrected chi connectivity index (χ2v) is 7.70. The number of sulfonamides is 1.